The molecule has 2 rings (SSSR count). The lowest BCUT2D eigenvalue weighted by molar-refractivity contribution is 0.294. The molecule has 0 aliphatic heterocycles. The van der Waals surface area contributed by atoms with Gasteiger partial charge < -0.3 is 10.1 Å². The van der Waals surface area contributed by atoms with Gasteiger partial charge in [0.05, 0.1) is 16.4 Å². The summed E-state index contributed by atoms with van der Waals surface area (Å²) in [6, 6.07) is 8.01. The molecule has 0 amide bonds. The van der Waals surface area contributed by atoms with E-state index >= 15 is 0 Å². The first kappa shape index (κ1) is 13.9. The molecule has 0 atom stereocenters. The number of halogens is 1. The Balaban J connectivity index is 2.08. The van der Waals surface area contributed by atoms with Crippen molar-refractivity contribution < 1.29 is 4.74 Å². The van der Waals surface area contributed by atoms with Crippen molar-refractivity contribution in [1.29, 1.82) is 0 Å². The summed E-state index contributed by atoms with van der Waals surface area (Å²) in [6.07, 6.45) is 0. The number of hydrogen-bond donors (Lipinski definition) is 1. The number of rotatable bonds is 5. The van der Waals surface area contributed by atoms with E-state index in [4.69, 9.17) is 16.3 Å². The van der Waals surface area contributed by atoms with Gasteiger partial charge >= 0.3 is 0 Å². The maximum atomic E-state index is 6.19. The molecule has 4 nitrogen and oxygen atoms in total. The van der Waals surface area contributed by atoms with Crippen LogP contribution in [0.1, 0.15) is 17.0 Å². The van der Waals surface area contributed by atoms with Crippen LogP contribution in [0.25, 0.3) is 0 Å². The van der Waals surface area contributed by atoms with E-state index in [1.165, 1.54) is 5.56 Å². The van der Waals surface area contributed by atoms with Crippen molar-refractivity contribution in [2.45, 2.75) is 20.1 Å². The smallest absolute Gasteiger partial charge is 0.131 e. The lowest BCUT2D eigenvalue weighted by Gasteiger charge is -2.08. The fourth-order valence-corrected chi connectivity index (χ4v) is 2.15. The third-order valence-corrected chi connectivity index (χ3v) is 3.41. The maximum absolute atomic E-state index is 6.19. The molecule has 0 unspecified atom stereocenters. The first-order valence-corrected chi connectivity index (χ1v) is 6.54. The fraction of sp³-hybridized carbons (Fsp3) is 0.357. The highest BCUT2D eigenvalue weighted by Gasteiger charge is 2.11. The van der Waals surface area contributed by atoms with Crippen LogP contribution in [0.3, 0.4) is 0 Å². The molecule has 19 heavy (non-hydrogen) atoms. The van der Waals surface area contributed by atoms with Crippen LogP contribution in [-0.2, 0) is 20.2 Å². The van der Waals surface area contributed by atoms with Crippen molar-refractivity contribution in [3.63, 3.8) is 0 Å². The second-order valence-corrected chi connectivity index (χ2v) is 4.81. The zero-order valence-electron chi connectivity index (χ0n) is 11.4. The Kier molecular flexibility index (Phi) is 4.45. The minimum absolute atomic E-state index is 0.416. The average molecular weight is 280 g/mol. The van der Waals surface area contributed by atoms with Crippen LogP contribution in [0, 0.1) is 6.92 Å². The highest BCUT2D eigenvalue weighted by atomic mass is 35.5. The Morgan fingerprint density at radius 3 is 2.84 bits per heavy atom. The number of aryl methyl sites for hydroxylation is 2. The van der Waals surface area contributed by atoms with Crippen LogP contribution in [-0.4, -0.2) is 16.8 Å². The lowest BCUT2D eigenvalue weighted by Crippen LogP contribution is -2.06. The zero-order chi connectivity index (χ0) is 13.8. The fourth-order valence-electron chi connectivity index (χ4n) is 1.94. The predicted octanol–water partition coefficient (Wildman–Crippen LogP) is 2.68. The van der Waals surface area contributed by atoms with E-state index in [9.17, 15) is 0 Å². The average Bonchev–Trinajstić information content (AvgIpc) is 2.62. The molecule has 1 heterocycles. The Labute approximate surface area is 118 Å². The van der Waals surface area contributed by atoms with Gasteiger partial charge in [0.25, 0.3) is 0 Å². The molecule has 0 fully saturated rings. The molecule has 0 bridgehead atoms. The topological polar surface area (TPSA) is 39.1 Å². The monoisotopic (exact) mass is 279 g/mol. The molecule has 0 radical (unpaired) electrons. The minimum Gasteiger partial charge on any atom is -0.487 e. The Bertz CT molecular complexity index is 566. The summed E-state index contributed by atoms with van der Waals surface area (Å²) < 4.78 is 7.54. The van der Waals surface area contributed by atoms with Crippen LogP contribution < -0.4 is 10.1 Å². The van der Waals surface area contributed by atoms with Crippen molar-refractivity contribution in [1.82, 2.24) is 15.1 Å². The Morgan fingerprint density at radius 1 is 1.42 bits per heavy atom. The van der Waals surface area contributed by atoms with Crippen molar-refractivity contribution in [3.8, 4) is 5.75 Å². The molecule has 0 spiro atoms. The quantitative estimate of drug-likeness (QED) is 0.915. The summed E-state index contributed by atoms with van der Waals surface area (Å²) in [7, 11) is 3.79. The molecule has 0 saturated carbocycles. The number of nitrogens with zero attached hydrogens (tertiary/aromatic N) is 2. The zero-order valence-corrected chi connectivity index (χ0v) is 12.2. The number of ether oxygens (including phenoxy) is 1. The Morgan fingerprint density at radius 2 is 2.21 bits per heavy atom. The van der Waals surface area contributed by atoms with Crippen LogP contribution in [0.4, 0.5) is 0 Å². The molecule has 5 heteroatoms. The van der Waals surface area contributed by atoms with E-state index < -0.39 is 0 Å². The number of hydrogen-bond acceptors (Lipinski definition) is 3. The molecule has 1 aromatic heterocycles. The highest BCUT2D eigenvalue weighted by Crippen LogP contribution is 2.22. The SMILES string of the molecule is CNCc1cccc(OCc2c(Cl)c(C)nn2C)c1. The normalized spacial score (nSPS) is 10.7. The molecule has 0 aliphatic carbocycles. The summed E-state index contributed by atoms with van der Waals surface area (Å²) in [5.74, 6) is 0.836. The predicted molar refractivity (Wildman–Crippen MR) is 76.5 cm³/mol. The third kappa shape index (κ3) is 3.28. The second kappa shape index (κ2) is 6.08. The van der Waals surface area contributed by atoms with E-state index in [0.29, 0.717) is 11.6 Å². The van der Waals surface area contributed by atoms with Crippen molar-refractivity contribution >= 4 is 11.6 Å². The third-order valence-electron chi connectivity index (χ3n) is 2.92. The van der Waals surface area contributed by atoms with Gasteiger partial charge in [-0.1, -0.05) is 23.7 Å². The molecule has 1 aromatic carbocycles. The first-order valence-electron chi connectivity index (χ1n) is 6.16. The van der Waals surface area contributed by atoms with Gasteiger partial charge in [-0.3, -0.25) is 4.68 Å². The highest BCUT2D eigenvalue weighted by molar-refractivity contribution is 6.31. The van der Waals surface area contributed by atoms with Gasteiger partial charge in [0.2, 0.25) is 0 Å². The van der Waals surface area contributed by atoms with E-state index in [2.05, 4.69) is 16.5 Å². The number of aromatic nitrogens is 2. The van der Waals surface area contributed by atoms with Gasteiger partial charge in [-0.05, 0) is 31.7 Å². The molecule has 0 aliphatic rings. The van der Waals surface area contributed by atoms with Crippen LogP contribution in [0.5, 0.6) is 5.75 Å². The summed E-state index contributed by atoms with van der Waals surface area (Å²) >= 11 is 6.19. The van der Waals surface area contributed by atoms with E-state index in [0.717, 1.165) is 23.7 Å². The molecule has 1 N–H and O–H groups in total. The maximum Gasteiger partial charge on any atom is 0.131 e. The molecular weight excluding hydrogens is 262 g/mol. The Hall–Kier alpha value is -1.52. The molecule has 2 aromatic rings. The summed E-state index contributed by atoms with van der Waals surface area (Å²) in [6.45, 7) is 3.13. The second-order valence-electron chi connectivity index (χ2n) is 4.44. The minimum atomic E-state index is 0.416. The lowest BCUT2D eigenvalue weighted by atomic mass is 10.2. The molecular formula is C14H18ClN3O. The van der Waals surface area contributed by atoms with Gasteiger partial charge in [-0.25, -0.2) is 0 Å². The largest absolute Gasteiger partial charge is 0.487 e. The molecule has 102 valence electrons. The van der Waals surface area contributed by atoms with Crippen molar-refractivity contribution in [3.05, 3.63) is 46.2 Å². The van der Waals surface area contributed by atoms with E-state index in [-0.39, 0.29) is 0 Å². The van der Waals surface area contributed by atoms with Crippen LogP contribution >= 0.6 is 11.6 Å². The molecule has 0 saturated heterocycles. The van der Waals surface area contributed by atoms with Crippen molar-refractivity contribution in [2.24, 2.45) is 7.05 Å². The summed E-state index contributed by atoms with van der Waals surface area (Å²) in [5, 5.41) is 8.06. The summed E-state index contributed by atoms with van der Waals surface area (Å²) in [5.41, 5.74) is 2.90. The number of nitrogens with one attached hydrogen (secondary N) is 1. The summed E-state index contributed by atoms with van der Waals surface area (Å²) in [4.78, 5) is 0. The number of benzene rings is 1. The van der Waals surface area contributed by atoms with Gasteiger partial charge in [0.1, 0.15) is 12.4 Å². The first-order chi connectivity index (χ1) is 9.11. The van der Waals surface area contributed by atoms with Gasteiger partial charge in [-0.2, -0.15) is 5.10 Å². The van der Waals surface area contributed by atoms with Crippen LogP contribution in [0.15, 0.2) is 24.3 Å². The van der Waals surface area contributed by atoms with Gasteiger partial charge in [0, 0.05) is 13.6 Å². The van der Waals surface area contributed by atoms with Crippen LogP contribution in [0.2, 0.25) is 5.02 Å². The van der Waals surface area contributed by atoms with Gasteiger partial charge in [0.15, 0.2) is 0 Å². The standard InChI is InChI=1S/C14H18ClN3O/c1-10-14(15)13(18(3)17-10)9-19-12-6-4-5-11(7-12)8-16-2/h4-7,16H,8-9H2,1-3H3. The van der Waals surface area contributed by atoms with E-state index in [1.54, 1.807) is 4.68 Å². The van der Waals surface area contributed by atoms with Gasteiger partial charge in [-0.15, -0.1) is 0 Å². The van der Waals surface area contributed by atoms with E-state index in [1.807, 2.05) is 39.2 Å². The van der Waals surface area contributed by atoms with Crippen molar-refractivity contribution in [2.75, 3.05) is 7.05 Å².